The first kappa shape index (κ1) is 18.8. The summed E-state index contributed by atoms with van der Waals surface area (Å²) in [5.41, 5.74) is 0.823. The Bertz CT molecular complexity index is 618. The molecule has 2 aliphatic heterocycles. The summed E-state index contributed by atoms with van der Waals surface area (Å²) >= 11 is 0. The Hall–Kier alpha value is -1.95. The van der Waals surface area contributed by atoms with Crippen molar-refractivity contribution < 1.29 is 14.0 Å². The van der Waals surface area contributed by atoms with Crippen molar-refractivity contribution in [1.29, 1.82) is 0 Å². The highest BCUT2D eigenvalue weighted by Gasteiger charge is 2.31. The van der Waals surface area contributed by atoms with Crippen molar-refractivity contribution in [2.24, 2.45) is 5.92 Å². The van der Waals surface area contributed by atoms with E-state index in [-0.39, 0.29) is 30.0 Å². The maximum atomic E-state index is 13.0. The average molecular weight is 361 g/mol. The Kier molecular flexibility index (Phi) is 6.25. The van der Waals surface area contributed by atoms with Gasteiger partial charge >= 0.3 is 0 Å². The maximum absolute atomic E-state index is 13.0. The Morgan fingerprint density at radius 1 is 0.962 bits per heavy atom. The quantitative estimate of drug-likeness (QED) is 0.821. The molecular formula is C20H28FN3O2. The number of likely N-dealkylation sites (tertiary alicyclic amines) is 1. The average Bonchev–Trinajstić information content (AvgIpc) is 2.69. The number of rotatable bonds is 4. The first-order valence-electron chi connectivity index (χ1n) is 9.60. The van der Waals surface area contributed by atoms with Gasteiger partial charge in [0.05, 0.1) is 6.42 Å². The molecule has 0 unspecified atom stereocenters. The molecule has 0 aromatic heterocycles. The van der Waals surface area contributed by atoms with E-state index in [2.05, 4.69) is 11.8 Å². The van der Waals surface area contributed by atoms with Gasteiger partial charge in [-0.15, -0.1) is 0 Å². The summed E-state index contributed by atoms with van der Waals surface area (Å²) in [6, 6.07) is 6.07. The lowest BCUT2D eigenvalue weighted by atomic mass is 9.94. The smallest absolute Gasteiger partial charge is 0.226 e. The van der Waals surface area contributed by atoms with Crippen molar-refractivity contribution in [3.05, 3.63) is 35.6 Å². The van der Waals surface area contributed by atoms with Gasteiger partial charge in [-0.05, 0) is 37.1 Å². The summed E-state index contributed by atoms with van der Waals surface area (Å²) in [6.07, 6.45) is 1.77. The third-order valence-electron chi connectivity index (χ3n) is 5.60. The molecule has 0 spiro atoms. The summed E-state index contributed by atoms with van der Waals surface area (Å²) in [4.78, 5) is 31.3. The van der Waals surface area contributed by atoms with Crippen LogP contribution in [0.3, 0.4) is 0 Å². The minimum atomic E-state index is -0.291. The predicted molar refractivity (Wildman–Crippen MR) is 98.1 cm³/mol. The van der Waals surface area contributed by atoms with Crippen molar-refractivity contribution in [1.82, 2.24) is 14.7 Å². The molecule has 5 nitrogen and oxygen atoms in total. The third kappa shape index (κ3) is 4.61. The molecule has 0 atom stereocenters. The van der Waals surface area contributed by atoms with Gasteiger partial charge in [-0.1, -0.05) is 19.1 Å². The number of benzene rings is 1. The standard InChI is InChI=1S/C20H28FN3O2/c1-2-22-11-13-24(14-12-22)20(26)17-7-9-23(10-8-17)19(25)15-16-3-5-18(21)6-4-16/h3-6,17H,2,7-15H2,1H3. The van der Waals surface area contributed by atoms with Crippen LogP contribution >= 0.6 is 0 Å². The number of amides is 2. The topological polar surface area (TPSA) is 43.9 Å². The highest BCUT2D eigenvalue weighted by atomic mass is 19.1. The molecule has 0 N–H and O–H groups in total. The number of carbonyl (C=O) groups excluding carboxylic acids is 2. The van der Waals surface area contributed by atoms with Crippen molar-refractivity contribution in [2.45, 2.75) is 26.2 Å². The second-order valence-electron chi connectivity index (χ2n) is 7.22. The molecule has 142 valence electrons. The lowest BCUT2D eigenvalue weighted by molar-refractivity contribution is -0.141. The van der Waals surface area contributed by atoms with E-state index in [0.29, 0.717) is 13.1 Å². The summed E-state index contributed by atoms with van der Waals surface area (Å²) < 4.78 is 13.0. The van der Waals surface area contributed by atoms with Crippen LogP contribution in [0.2, 0.25) is 0 Å². The van der Waals surface area contributed by atoms with Gasteiger partial charge < -0.3 is 14.7 Å². The number of piperazine rings is 1. The van der Waals surface area contributed by atoms with E-state index in [1.54, 1.807) is 12.1 Å². The van der Waals surface area contributed by atoms with Crippen LogP contribution in [0.1, 0.15) is 25.3 Å². The fraction of sp³-hybridized carbons (Fsp3) is 0.600. The van der Waals surface area contributed by atoms with Gasteiger partial charge in [0.25, 0.3) is 0 Å². The molecule has 0 radical (unpaired) electrons. The van der Waals surface area contributed by atoms with E-state index < -0.39 is 0 Å². The lowest BCUT2D eigenvalue weighted by Gasteiger charge is -2.38. The van der Waals surface area contributed by atoms with E-state index in [0.717, 1.165) is 51.1 Å². The largest absolute Gasteiger partial charge is 0.342 e. The van der Waals surface area contributed by atoms with Crippen molar-refractivity contribution in [3.63, 3.8) is 0 Å². The molecule has 0 saturated carbocycles. The van der Waals surface area contributed by atoms with Crippen molar-refractivity contribution in [2.75, 3.05) is 45.8 Å². The summed E-state index contributed by atoms with van der Waals surface area (Å²) in [6.45, 7) is 7.99. The molecule has 0 aliphatic carbocycles. The van der Waals surface area contributed by atoms with Gasteiger partial charge in [-0.25, -0.2) is 4.39 Å². The Labute approximate surface area is 154 Å². The number of carbonyl (C=O) groups is 2. The number of hydrogen-bond acceptors (Lipinski definition) is 3. The molecule has 26 heavy (non-hydrogen) atoms. The monoisotopic (exact) mass is 361 g/mol. The van der Waals surface area contributed by atoms with E-state index in [4.69, 9.17) is 0 Å². The van der Waals surface area contributed by atoms with Gasteiger partial charge in [-0.3, -0.25) is 9.59 Å². The highest BCUT2D eigenvalue weighted by molar-refractivity contribution is 5.81. The summed E-state index contributed by atoms with van der Waals surface area (Å²) in [5, 5.41) is 0. The minimum Gasteiger partial charge on any atom is -0.342 e. The fourth-order valence-electron chi connectivity index (χ4n) is 3.81. The third-order valence-corrected chi connectivity index (χ3v) is 5.60. The molecule has 2 saturated heterocycles. The van der Waals surface area contributed by atoms with Crippen LogP contribution in [0.25, 0.3) is 0 Å². The Morgan fingerprint density at radius 2 is 1.58 bits per heavy atom. The number of nitrogens with zero attached hydrogens (tertiary/aromatic N) is 3. The second-order valence-corrected chi connectivity index (χ2v) is 7.22. The lowest BCUT2D eigenvalue weighted by Crippen LogP contribution is -2.51. The molecular weight excluding hydrogens is 333 g/mol. The zero-order valence-corrected chi connectivity index (χ0v) is 15.5. The molecule has 0 bridgehead atoms. The maximum Gasteiger partial charge on any atom is 0.226 e. The summed E-state index contributed by atoms with van der Waals surface area (Å²) in [5.74, 6) is 0.0591. The second kappa shape index (κ2) is 8.62. The van der Waals surface area contributed by atoms with Gasteiger partial charge in [0.2, 0.25) is 11.8 Å². The van der Waals surface area contributed by atoms with Gasteiger partial charge in [0, 0.05) is 45.2 Å². The van der Waals surface area contributed by atoms with Crippen LogP contribution < -0.4 is 0 Å². The first-order valence-corrected chi connectivity index (χ1v) is 9.60. The number of piperidine rings is 1. The van der Waals surface area contributed by atoms with Crippen LogP contribution in [0.5, 0.6) is 0 Å². The zero-order valence-electron chi connectivity index (χ0n) is 15.5. The molecule has 3 rings (SSSR count). The molecule has 2 fully saturated rings. The Balaban J connectivity index is 1.45. The van der Waals surface area contributed by atoms with E-state index in [1.165, 1.54) is 12.1 Å². The van der Waals surface area contributed by atoms with Gasteiger partial charge in [0.15, 0.2) is 0 Å². The molecule has 2 heterocycles. The van der Waals surface area contributed by atoms with Crippen LogP contribution in [-0.4, -0.2) is 72.3 Å². The van der Waals surface area contributed by atoms with Crippen LogP contribution in [-0.2, 0) is 16.0 Å². The molecule has 2 aliphatic rings. The molecule has 2 amide bonds. The molecule has 1 aromatic carbocycles. The number of hydrogen-bond donors (Lipinski definition) is 0. The van der Waals surface area contributed by atoms with E-state index in [9.17, 15) is 14.0 Å². The highest BCUT2D eigenvalue weighted by Crippen LogP contribution is 2.21. The fourth-order valence-corrected chi connectivity index (χ4v) is 3.81. The number of halogens is 1. The predicted octanol–water partition coefficient (Wildman–Crippen LogP) is 1.77. The van der Waals surface area contributed by atoms with Crippen LogP contribution in [0.15, 0.2) is 24.3 Å². The van der Waals surface area contributed by atoms with Gasteiger partial charge in [0.1, 0.15) is 5.82 Å². The normalized spacial score (nSPS) is 19.6. The Morgan fingerprint density at radius 3 is 2.15 bits per heavy atom. The summed E-state index contributed by atoms with van der Waals surface area (Å²) in [7, 11) is 0. The van der Waals surface area contributed by atoms with Crippen LogP contribution in [0.4, 0.5) is 4.39 Å². The molecule has 6 heteroatoms. The van der Waals surface area contributed by atoms with E-state index in [1.807, 2.05) is 9.80 Å². The van der Waals surface area contributed by atoms with Crippen molar-refractivity contribution >= 4 is 11.8 Å². The first-order chi connectivity index (χ1) is 12.6. The van der Waals surface area contributed by atoms with Crippen LogP contribution in [0, 0.1) is 11.7 Å². The SMILES string of the molecule is CCN1CCN(C(=O)C2CCN(C(=O)Cc3ccc(F)cc3)CC2)CC1. The number of likely N-dealkylation sites (N-methyl/N-ethyl adjacent to an activating group) is 1. The van der Waals surface area contributed by atoms with E-state index >= 15 is 0 Å². The zero-order chi connectivity index (χ0) is 18.5. The minimum absolute atomic E-state index is 0.0399. The van der Waals surface area contributed by atoms with Crippen molar-refractivity contribution in [3.8, 4) is 0 Å². The molecule has 1 aromatic rings. The van der Waals surface area contributed by atoms with Gasteiger partial charge in [-0.2, -0.15) is 0 Å².